The summed E-state index contributed by atoms with van der Waals surface area (Å²) in [4.78, 5) is 13.1. The number of fused-ring (bicyclic) bond motifs is 1. The maximum Gasteiger partial charge on any atom is 0.221 e. The van der Waals surface area contributed by atoms with E-state index in [9.17, 15) is 25.2 Å². The van der Waals surface area contributed by atoms with Crippen molar-refractivity contribution in [2.45, 2.75) is 6.42 Å². The molecule has 1 heterocycles. The maximum absolute atomic E-state index is 11.2. The molecule has 0 aliphatic heterocycles. The van der Waals surface area contributed by atoms with Crippen molar-refractivity contribution in [3.63, 3.8) is 0 Å². The molecule has 4 N–H and O–H groups in total. The fourth-order valence-corrected chi connectivity index (χ4v) is 2.43. The van der Waals surface area contributed by atoms with Gasteiger partial charge in [-0.05, 0) is 20.5 Å². The van der Waals surface area contributed by atoms with E-state index in [2.05, 4.69) is 0 Å². The van der Waals surface area contributed by atoms with Gasteiger partial charge in [-0.2, -0.15) is 0 Å². The lowest BCUT2D eigenvalue weighted by Gasteiger charge is -2.11. The lowest BCUT2D eigenvalue weighted by Crippen LogP contribution is -2.15. The number of aromatic nitrogens is 1. The third-order valence-corrected chi connectivity index (χ3v) is 3.51. The molecule has 0 saturated heterocycles. The number of benzene rings is 1. The summed E-state index contributed by atoms with van der Waals surface area (Å²) in [6.07, 6.45) is 0.610. The van der Waals surface area contributed by atoms with Gasteiger partial charge >= 0.3 is 0 Å². The number of nitrogens with zero attached hydrogens (tertiary/aromatic N) is 2. The van der Waals surface area contributed by atoms with Crippen LogP contribution < -0.4 is 4.74 Å². The number of hydrogen-bond acceptors (Lipinski definition) is 7. The van der Waals surface area contributed by atoms with Gasteiger partial charge in [-0.15, -0.1) is 0 Å². The van der Waals surface area contributed by atoms with Gasteiger partial charge in [-0.3, -0.25) is 4.79 Å². The molecule has 0 radical (unpaired) electrons. The Morgan fingerprint density at radius 1 is 1.14 bits per heavy atom. The smallest absolute Gasteiger partial charge is 0.221 e. The molecule has 8 heteroatoms. The maximum atomic E-state index is 11.2. The summed E-state index contributed by atoms with van der Waals surface area (Å²) < 4.78 is 5.65. The van der Waals surface area contributed by atoms with Crippen molar-refractivity contribution in [1.82, 2.24) is 9.47 Å². The molecule has 0 aliphatic rings. The van der Waals surface area contributed by atoms with Gasteiger partial charge < -0.3 is 30.1 Å². The Morgan fingerprint density at radius 2 is 1.77 bits per heavy atom. The largest absolute Gasteiger partial charge is 0.504 e. The second-order valence-electron chi connectivity index (χ2n) is 5.13. The first kappa shape index (κ1) is 15.8. The van der Waals surface area contributed by atoms with Gasteiger partial charge in [0.1, 0.15) is 5.52 Å². The van der Waals surface area contributed by atoms with Gasteiger partial charge in [0.25, 0.3) is 0 Å². The molecular weight excluding hydrogens is 292 g/mol. The Hall–Kier alpha value is -2.61. The van der Waals surface area contributed by atoms with Crippen LogP contribution in [-0.4, -0.2) is 64.1 Å². The highest BCUT2D eigenvalue weighted by molar-refractivity contribution is 6.03. The van der Waals surface area contributed by atoms with Crippen molar-refractivity contribution in [1.29, 1.82) is 0 Å². The Balaban J connectivity index is 2.88. The summed E-state index contributed by atoms with van der Waals surface area (Å²) >= 11 is 0. The first-order valence-electron chi connectivity index (χ1n) is 6.51. The van der Waals surface area contributed by atoms with Crippen LogP contribution in [-0.2, 0) is 11.2 Å². The van der Waals surface area contributed by atoms with Gasteiger partial charge in [-0.25, -0.2) is 4.57 Å². The molecular formula is C14H18N2O6. The number of phenolic OH excluding ortho intramolecular Hbond substituents is 3. The molecule has 120 valence electrons. The predicted molar refractivity (Wildman–Crippen MR) is 79.6 cm³/mol. The van der Waals surface area contributed by atoms with E-state index in [0.717, 1.165) is 4.57 Å². The second-order valence-corrected chi connectivity index (χ2v) is 5.13. The highest BCUT2D eigenvalue weighted by Crippen LogP contribution is 2.52. The lowest BCUT2D eigenvalue weighted by atomic mass is 10.1. The van der Waals surface area contributed by atoms with Crippen LogP contribution in [0.25, 0.3) is 10.9 Å². The molecule has 0 bridgehead atoms. The van der Waals surface area contributed by atoms with E-state index in [1.165, 1.54) is 7.11 Å². The number of methoxy groups -OCH3 is 1. The molecule has 2 aromatic rings. The third kappa shape index (κ3) is 2.17. The van der Waals surface area contributed by atoms with Crippen LogP contribution >= 0.6 is 0 Å². The summed E-state index contributed by atoms with van der Waals surface area (Å²) in [5.74, 6) is -2.52. The topological polar surface area (TPSA) is 115 Å². The first-order chi connectivity index (χ1) is 10.3. The lowest BCUT2D eigenvalue weighted by molar-refractivity contribution is 0.333. The van der Waals surface area contributed by atoms with Crippen molar-refractivity contribution in [3.8, 4) is 28.9 Å². The minimum atomic E-state index is -0.702. The predicted octanol–water partition coefficient (Wildman–Crippen LogP) is 0.615. The molecule has 8 nitrogen and oxygen atoms in total. The summed E-state index contributed by atoms with van der Waals surface area (Å²) in [6, 6.07) is 0. The Morgan fingerprint density at radius 3 is 2.27 bits per heavy atom. The SMILES string of the molecule is COc1c(O)c(O)c2c(c1O)c(CCN(C)C)c(O)n2C=O. The number of aromatic hydroxyl groups is 4. The van der Waals surface area contributed by atoms with Gasteiger partial charge in [0.15, 0.2) is 11.5 Å². The van der Waals surface area contributed by atoms with Crippen LogP contribution in [0.3, 0.4) is 0 Å². The molecule has 0 atom stereocenters. The number of phenols is 3. The van der Waals surface area contributed by atoms with Crippen LogP contribution in [0.5, 0.6) is 28.9 Å². The monoisotopic (exact) mass is 310 g/mol. The van der Waals surface area contributed by atoms with Crippen molar-refractivity contribution in [2.24, 2.45) is 0 Å². The molecule has 0 spiro atoms. The van der Waals surface area contributed by atoms with Crippen molar-refractivity contribution >= 4 is 17.3 Å². The molecule has 0 amide bonds. The molecule has 0 fully saturated rings. The first-order valence-corrected chi connectivity index (χ1v) is 6.51. The van der Waals surface area contributed by atoms with E-state index in [0.29, 0.717) is 19.4 Å². The highest BCUT2D eigenvalue weighted by Gasteiger charge is 2.28. The number of hydrogen-bond donors (Lipinski definition) is 4. The minimum Gasteiger partial charge on any atom is -0.504 e. The molecule has 2 rings (SSSR count). The minimum absolute atomic E-state index is 0.0681. The fourth-order valence-electron chi connectivity index (χ4n) is 2.43. The number of rotatable bonds is 5. The average molecular weight is 310 g/mol. The van der Waals surface area contributed by atoms with Crippen LogP contribution in [0, 0.1) is 0 Å². The number of carbonyl (C=O) groups is 1. The van der Waals surface area contributed by atoms with Crippen molar-refractivity contribution in [3.05, 3.63) is 5.56 Å². The third-order valence-electron chi connectivity index (χ3n) is 3.51. The Kier molecular flexibility index (Phi) is 4.05. The second kappa shape index (κ2) is 5.64. The number of likely N-dealkylation sites (N-methyl/N-ethyl adjacent to an activating group) is 1. The molecule has 1 aromatic carbocycles. The van der Waals surface area contributed by atoms with Crippen LogP contribution in [0.2, 0.25) is 0 Å². The number of ether oxygens (including phenoxy) is 1. The van der Waals surface area contributed by atoms with Gasteiger partial charge in [0.05, 0.1) is 12.5 Å². The van der Waals surface area contributed by atoms with Gasteiger partial charge in [0, 0.05) is 12.1 Å². The molecule has 0 saturated carbocycles. The van der Waals surface area contributed by atoms with Gasteiger partial charge in [0.2, 0.25) is 23.8 Å². The van der Waals surface area contributed by atoms with E-state index in [1.54, 1.807) is 0 Å². The molecule has 22 heavy (non-hydrogen) atoms. The number of carbonyl (C=O) groups excluding carboxylic acids is 1. The average Bonchev–Trinajstić information content (AvgIpc) is 2.75. The molecule has 1 aromatic heterocycles. The van der Waals surface area contributed by atoms with Crippen molar-refractivity contribution < 1.29 is 30.0 Å². The zero-order valence-corrected chi connectivity index (χ0v) is 12.5. The van der Waals surface area contributed by atoms with E-state index >= 15 is 0 Å². The summed E-state index contributed by atoms with van der Waals surface area (Å²) in [7, 11) is 4.88. The zero-order chi connectivity index (χ0) is 16.6. The summed E-state index contributed by atoms with van der Waals surface area (Å²) in [5, 5.41) is 40.5. The Bertz CT molecular complexity index is 735. The highest BCUT2D eigenvalue weighted by atomic mass is 16.5. The van der Waals surface area contributed by atoms with E-state index < -0.39 is 23.1 Å². The van der Waals surface area contributed by atoms with E-state index in [4.69, 9.17) is 4.74 Å². The summed E-state index contributed by atoms with van der Waals surface area (Å²) in [5.41, 5.74) is 0.110. The molecule has 0 aliphatic carbocycles. The van der Waals surface area contributed by atoms with Crippen LogP contribution in [0.4, 0.5) is 0 Å². The Labute approximate surface area is 126 Å². The normalized spacial score (nSPS) is 11.3. The fraction of sp³-hybridized carbons (Fsp3) is 0.357. The van der Waals surface area contributed by atoms with Crippen LogP contribution in [0.15, 0.2) is 0 Å². The van der Waals surface area contributed by atoms with E-state index in [1.807, 2.05) is 19.0 Å². The molecule has 0 unspecified atom stereocenters. The quantitative estimate of drug-likeness (QED) is 0.363. The summed E-state index contributed by atoms with van der Waals surface area (Å²) in [6.45, 7) is 0.537. The van der Waals surface area contributed by atoms with Crippen LogP contribution in [0.1, 0.15) is 5.56 Å². The standard InChI is InChI=1S/C14H18N2O6/c1-15(2)5-4-7-8-9(16(6-17)14(7)21)11(19)12(20)13(22-3)10(8)18/h6,18-21H,4-5H2,1-3H3. The van der Waals surface area contributed by atoms with Gasteiger partial charge in [-0.1, -0.05) is 0 Å². The van der Waals surface area contributed by atoms with E-state index in [-0.39, 0.29) is 22.2 Å². The zero-order valence-electron chi connectivity index (χ0n) is 12.5. The van der Waals surface area contributed by atoms with Crippen molar-refractivity contribution in [2.75, 3.05) is 27.7 Å².